The van der Waals surface area contributed by atoms with Crippen molar-refractivity contribution in [1.29, 1.82) is 0 Å². The van der Waals surface area contributed by atoms with Crippen molar-refractivity contribution in [2.75, 3.05) is 22.2 Å². The first-order valence-corrected chi connectivity index (χ1v) is 17.1. The number of para-hydroxylation sites is 1. The van der Waals surface area contributed by atoms with Gasteiger partial charge in [-0.3, -0.25) is 24.1 Å². The molecule has 1 saturated carbocycles. The number of methoxy groups -OCH3 is 1. The van der Waals surface area contributed by atoms with Crippen molar-refractivity contribution in [3.63, 3.8) is 0 Å². The summed E-state index contributed by atoms with van der Waals surface area (Å²) in [7, 11) is 1.39. The van der Waals surface area contributed by atoms with Gasteiger partial charge in [0.15, 0.2) is 9.75 Å². The van der Waals surface area contributed by atoms with Crippen molar-refractivity contribution in [3.8, 4) is 11.5 Å². The van der Waals surface area contributed by atoms with Gasteiger partial charge in [0, 0.05) is 28.9 Å². The third kappa shape index (κ3) is 4.80. The number of benzene rings is 4. The summed E-state index contributed by atoms with van der Waals surface area (Å²) >= 11 is 14.9. The highest BCUT2D eigenvalue weighted by atomic mass is 35.5. The normalized spacial score (nSPS) is 28.3. The van der Waals surface area contributed by atoms with Crippen LogP contribution in [0.2, 0.25) is 0 Å². The maximum atomic E-state index is 14.6. The zero-order chi connectivity index (χ0) is 35.8. The Bertz CT molecular complexity index is 2150. The molecule has 2 aliphatic heterocycles. The van der Waals surface area contributed by atoms with Crippen LogP contribution in [0, 0.1) is 23.6 Å². The molecule has 9 nitrogen and oxygen atoms in total. The smallest absolute Gasteiger partial charge is 0.258 e. The minimum Gasteiger partial charge on any atom is -0.508 e. The summed E-state index contributed by atoms with van der Waals surface area (Å²) in [6.07, 6.45) is 1.77. The van der Waals surface area contributed by atoms with Gasteiger partial charge in [-0.25, -0.2) is 9.29 Å². The Balaban J connectivity index is 1.21. The molecule has 4 aromatic carbocycles. The molecular formula is C39H30Cl2FN3O6. The fourth-order valence-corrected chi connectivity index (χ4v) is 9.25. The van der Waals surface area contributed by atoms with Gasteiger partial charge in [0.25, 0.3) is 11.8 Å². The fourth-order valence-electron chi connectivity index (χ4n) is 8.32. The van der Waals surface area contributed by atoms with Crippen LogP contribution in [0.4, 0.5) is 27.1 Å². The number of rotatable bonds is 6. The van der Waals surface area contributed by atoms with Gasteiger partial charge in [-0.15, -0.1) is 23.2 Å². The molecule has 0 aromatic heterocycles. The van der Waals surface area contributed by atoms with Crippen LogP contribution in [0.15, 0.2) is 109 Å². The third-order valence-corrected chi connectivity index (χ3v) is 12.0. The number of amides is 4. The summed E-state index contributed by atoms with van der Waals surface area (Å²) in [4.78, 5) is 55.3. The molecule has 2 heterocycles. The van der Waals surface area contributed by atoms with Gasteiger partial charge >= 0.3 is 0 Å². The lowest BCUT2D eigenvalue weighted by atomic mass is 9.56. The molecule has 0 unspecified atom stereocenters. The number of hydrogen-bond acceptors (Lipinski definition) is 7. The Morgan fingerprint density at radius 3 is 2.14 bits per heavy atom. The minimum atomic E-state index is -2.13. The zero-order valence-corrected chi connectivity index (χ0v) is 28.6. The number of aromatic hydroxyl groups is 1. The molecule has 4 aromatic rings. The van der Waals surface area contributed by atoms with Crippen LogP contribution in [-0.4, -0.2) is 45.6 Å². The van der Waals surface area contributed by atoms with Gasteiger partial charge in [0.05, 0.1) is 30.3 Å². The monoisotopic (exact) mass is 725 g/mol. The number of halogens is 3. The number of alkyl halides is 2. The number of nitrogens with one attached hydrogen (secondary N) is 1. The van der Waals surface area contributed by atoms with Gasteiger partial charge in [-0.05, 0) is 85.5 Å². The number of carbonyl (C=O) groups excluding carboxylic acids is 4. The molecule has 3 fully saturated rings. The number of phenolic OH excluding ortho intramolecular Hbond substituents is 1. The van der Waals surface area contributed by atoms with Crippen molar-refractivity contribution < 1.29 is 33.4 Å². The average Bonchev–Trinajstić information content (AvgIpc) is 3.47. The van der Waals surface area contributed by atoms with Crippen molar-refractivity contribution in [2.45, 2.75) is 28.5 Å². The second kappa shape index (κ2) is 12.0. The zero-order valence-electron chi connectivity index (χ0n) is 27.1. The number of fused-ring (bicyclic) bond motifs is 4. The van der Waals surface area contributed by atoms with Crippen molar-refractivity contribution >= 4 is 69.6 Å². The van der Waals surface area contributed by atoms with E-state index in [4.69, 9.17) is 27.9 Å². The molecule has 2 N–H and O–H groups in total. The first-order chi connectivity index (χ1) is 24.5. The standard InChI is InChI=1S/C39H30Cl2FN3O6/c1-51-31-19-26(46)15-16-28(31)33-27-17-18-29-32(35(48)44(34(29)47)24-13-9-23(10-14-24)43-22-5-3-2-4-6-22)30(27)20-38(40)36(49)45(37(50)39(33,38)41)25-11-7-21(42)8-12-25/h2-17,19,29-30,32-33,43,46H,18,20H2,1H3/t29-,30+,32-,33+,38+,39-/m0/s1. The lowest BCUT2D eigenvalue weighted by Crippen LogP contribution is -2.60. The lowest BCUT2D eigenvalue weighted by molar-refractivity contribution is -0.125. The van der Waals surface area contributed by atoms with Crippen molar-refractivity contribution in [2.24, 2.45) is 17.8 Å². The van der Waals surface area contributed by atoms with Gasteiger partial charge in [-0.2, -0.15) is 0 Å². The highest BCUT2D eigenvalue weighted by Gasteiger charge is 2.77. The van der Waals surface area contributed by atoms with E-state index in [0.29, 0.717) is 16.8 Å². The van der Waals surface area contributed by atoms with Crippen molar-refractivity contribution in [1.82, 2.24) is 0 Å². The molecule has 12 heteroatoms. The molecule has 51 heavy (non-hydrogen) atoms. The topological polar surface area (TPSA) is 116 Å². The number of nitrogens with zero attached hydrogens (tertiary/aromatic N) is 2. The molecule has 0 radical (unpaired) electrons. The Hall–Kier alpha value is -5.19. The molecular weight excluding hydrogens is 696 g/mol. The van der Waals surface area contributed by atoms with E-state index in [0.717, 1.165) is 28.4 Å². The Kier molecular flexibility index (Phi) is 7.73. The van der Waals surface area contributed by atoms with Gasteiger partial charge in [0.1, 0.15) is 17.3 Å². The van der Waals surface area contributed by atoms with E-state index in [1.54, 1.807) is 30.3 Å². The molecule has 258 valence electrons. The van der Waals surface area contributed by atoms with Crippen LogP contribution in [0.3, 0.4) is 0 Å². The molecule has 8 rings (SSSR count). The predicted octanol–water partition coefficient (Wildman–Crippen LogP) is 7.05. The average molecular weight is 727 g/mol. The van der Waals surface area contributed by atoms with E-state index in [2.05, 4.69) is 5.32 Å². The van der Waals surface area contributed by atoms with Crippen LogP contribution in [0.5, 0.6) is 11.5 Å². The van der Waals surface area contributed by atoms with Crippen LogP contribution >= 0.6 is 23.2 Å². The molecule has 4 amide bonds. The van der Waals surface area contributed by atoms with Crippen LogP contribution < -0.4 is 19.9 Å². The summed E-state index contributed by atoms with van der Waals surface area (Å²) in [6.45, 7) is 0. The SMILES string of the molecule is COc1cc(O)ccc1[C@H]1C2=CC[C@@H]3C(=O)N(c4ccc(Nc5ccccc5)cc4)C(=O)[C@@H]3[C@@H]2C[C@@]2(Cl)C(=O)N(c3ccc(F)cc3)C(=O)[C@@]12Cl. The largest absolute Gasteiger partial charge is 0.508 e. The third-order valence-electron chi connectivity index (χ3n) is 10.6. The maximum absolute atomic E-state index is 14.6. The Labute approximate surface area is 302 Å². The lowest BCUT2D eigenvalue weighted by Gasteiger charge is -2.50. The molecule has 0 spiro atoms. The van der Waals surface area contributed by atoms with Crippen LogP contribution in [0.1, 0.15) is 24.3 Å². The quantitative estimate of drug-likeness (QED) is 0.124. The fraction of sp³-hybridized carbons (Fsp3) is 0.231. The summed E-state index contributed by atoms with van der Waals surface area (Å²) < 4.78 is 19.6. The highest BCUT2D eigenvalue weighted by Crippen LogP contribution is 2.66. The second-order valence-electron chi connectivity index (χ2n) is 13.2. The maximum Gasteiger partial charge on any atom is 0.258 e. The summed E-state index contributed by atoms with van der Waals surface area (Å²) in [5.74, 6) is -6.53. The van der Waals surface area contributed by atoms with Gasteiger partial charge in [-0.1, -0.05) is 35.9 Å². The van der Waals surface area contributed by atoms with E-state index < -0.39 is 57.0 Å². The van der Waals surface area contributed by atoms with Gasteiger partial charge < -0.3 is 15.2 Å². The van der Waals surface area contributed by atoms with Gasteiger partial charge in [0.2, 0.25) is 11.8 Å². The number of carbonyl (C=O) groups is 4. The molecule has 2 aliphatic carbocycles. The number of imide groups is 2. The number of allylic oxidation sites excluding steroid dienone is 2. The van der Waals surface area contributed by atoms with E-state index in [-0.39, 0.29) is 35.9 Å². The van der Waals surface area contributed by atoms with Crippen LogP contribution in [0.25, 0.3) is 0 Å². The molecule has 0 bridgehead atoms. The number of hydrogen-bond donors (Lipinski definition) is 2. The number of phenols is 1. The summed E-state index contributed by atoms with van der Waals surface area (Å²) in [5, 5.41) is 13.6. The number of anilines is 4. The Morgan fingerprint density at radius 1 is 0.804 bits per heavy atom. The Morgan fingerprint density at radius 2 is 1.45 bits per heavy atom. The van der Waals surface area contributed by atoms with E-state index >= 15 is 0 Å². The second-order valence-corrected chi connectivity index (χ2v) is 14.5. The molecule has 4 aliphatic rings. The summed E-state index contributed by atoms with van der Waals surface area (Å²) in [5.41, 5.74) is 3.05. The first kappa shape index (κ1) is 33.0. The number of ether oxygens (including phenoxy) is 1. The minimum absolute atomic E-state index is 0.0793. The van der Waals surface area contributed by atoms with E-state index in [1.165, 1.54) is 36.3 Å². The molecule has 2 saturated heterocycles. The predicted molar refractivity (Wildman–Crippen MR) is 190 cm³/mol. The van der Waals surface area contributed by atoms with E-state index in [9.17, 15) is 28.7 Å². The summed E-state index contributed by atoms with van der Waals surface area (Å²) in [6, 6.07) is 25.7. The molecule has 6 atom stereocenters. The highest BCUT2D eigenvalue weighted by molar-refractivity contribution is 6.58. The van der Waals surface area contributed by atoms with Crippen molar-refractivity contribution in [3.05, 3.63) is 120 Å². The first-order valence-electron chi connectivity index (χ1n) is 16.4. The van der Waals surface area contributed by atoms with Crippen LogP contribution in [-0.2, 0) is 19.2 Å². The van der Waals surface area contributed by atoms with E-state index in [1.807, 2.05) is 36.4 Å².